The van der Waals surface area contributed by atoms with Gasteiger partial charge in [-0.2, -0.15) is 0 Å². The maximum Gasteiger partial charge on any atom is 0.267 e. The Hall–Kier alpha value is -2.24. The zero-order chi connectivity index (χ0) is 13.2. The molecule has 1 unspecified atom stereocenters. The third-order valence-corrected chi connectivity index (χ3v) is 3.13. The topological polar surface area (TPSA) is 67.9 Å². The number of ether oxygens (including phenoxy) is 2. The van der Waals surface area contributed by atoms with E-state index in [0.29, 0.717) is 24.6 Å². The van der Waals surface area contributed by atoms with Gasteiger partial charge in [0, 0.05) is 13.1 Å². The third-order valence-electron chi connectivity index (χ3n) is 3.13. The molecule has 2 heterocycles. The van der Waals surface area contributed by atoms with Crippen molar-refractivity contribution in [2.75, 3.05) is 26.2 Å². The summed E-state index contributed by atoms with van der Waals surface area (Å²) in [6.45, 7) is 1.25. The molecule has 2 aliphatic heterocycles. The van der Waals surface area contributed by atoms with Crippen LogP contribution in [0.1, 0.15) is 0 Å². The van der Waals surface area contributed by atoms with Crippen molar-refractivity contribution >= 4 is 11.8 Å². The highest BCUT2D eigenvalue weighted by molar-refractivity contribution is 5.88. The Morgan fingerprint density at radius 2 is 2.11 bits per heavy atom. The number of benzene rings is 1. The molecule has 0 bridgehead atoms. The summed E-state index contributed by atoms with van der Waals surface area (Å²) in [5, 5.41) is 2.68. The van der Waals surface area contributed by atoms with Crippen LogP contribution in [0.25, 0.3) is 0 Å². The SMILES string of the molecule is O=C1CN(C(=O)C2COc3ccccc3O2)CCN1. The van der Waals surface area contributed by atoms with Crippen LogP contribution in [0.15, 0.2) is 24.3 Å². The lowest BCUT2D eigenvalue weighted by molar-refractivity contribution is -0.145. The molecule has 1 saturated heterocycles. The Labute approximate surface area is 110 Å². The Morgan fingerprint density at radius 1 is 1.32 bits per heavy atom. The molecule has 1 fully saturated rings. The number of amides is 2. The minimum atomic E-state index is -0.680. The first-order valence-corrected chi connectivity index (χ1v) is 6.18. The maximum atomic E-state index is 12.2. The lowest BCUT2D eigenvalue weighted by Gasteiger charge is -2.32. The average molecular weight is 262 g/mol. The van der Waals surface area contributed by atoms with Gasteiger partial charge in [0.2, 0.25) is 12.0 Å². The van der Waals surface area contributed by atoms with Crippen molar-refractivity contribution in [1.82, 2.24) is 10.2 Å². The minimum absolute atomic E-state index is 0.0837. The van der Waals surface area contributed by atoms with Crippen molar-refractivity contribution in [3.63, 3.8) is 0 Å². The van der Waals surface area contributed by atoms with E-state index in [4.69, 9.17) is 9.47 Å². The fraction of sp³-hybridized carbons (Fsp3) is 0.385. The Bertz CT molecular complexity index is 517. The second kappa shape index (κ2) is 4.79. The van der Waals surface area contributed by atoms with Crippen LogP contribution in [0.3, 0.4) is 0 Å². The number of carbonyl (C=O) groups excluding carboxylic acids is 2. The fourth-order valence-corrected chi connectivity index (χ4v) is 2.17. The largest absolute Gasteiger partial charge is 0.485 e. The van der Waals surface area contributed by atoms with Crippen molar-refractivity contribution in [3.8, 4) is 11.5 Å². The van der Waals surface area contributed by atoms with E-state index in [1.807, 2.05) is 12.1 Å². The second-order valence-electron chi connectivity index (χ2n) is 4.47. The number of piperazine rings is 1. The average Bonchev–Trinajstić information content (AvgIpc) is 2.46. The Morgan fingerprint density at radius 3 is 2.89 bits per heavy atom. The molecule has 2 aliphatic rings. The molecule has 6 nitrogen and oxygen atoms in total. The van der Waals surface area contributed by atoms with Crippen LogP contribution in [0.4, 0.5) is 0 Å². The van der Waals surface area contributed by atoms with Gasteiger partial charge in [0.05, 0.1) is 6.54 Å². The van der Waals surface area contributed by atoms with Gasteiger partial charge in [-0.3, -0.25) is 9.59 Å². The number of nitrogens with zero attached hydrogens (tertiary/aromatic N) is 1. The predicted molar refractivity (Wildman–Crippen MR) is 65.9 cm³/mol. The molecule has 1 aromatic carbocycles. The summed E-state index contributed by atoms with van der Waals surface area (Å²) in [6, 6.07) is 7.23. The van der Waals surface area contributed by atoms with Gasteiger partial charge in [-0.25, -0.2) is 0 Å². The molecule has 1 aromatic rings. The van der Waals surface area contributed by atoms with Crippen molar-refractivity contribution in [1.29, 1.82) is 0 Å². The highest BCUT2D eigenvalue weighted by Gasteiger charge is 2.32. The molecular formula is C13H14N2O4. The molecule has 6 heteroatoms. The molecule has 3 rings (SSSR count). The molecule has 19 heavy (non-hydrogen) atoms. The first kappa shape index (κ1) is 11.8. The number of hydrogen-bond acceptors (Lipinski definition) is 4. The van der Waals surface area contributed by atoms with Gasteiger partial charge in [0.15, 0.2) is 11.5 Å². The van der Waals surface area contributed by atoms with Crippen LogP contribution < -0.4 is 14.8 Å². The monoisotopic (exact) mass is 262 g/mol. The summed E-state index contributed by atoms with van der Waals surface area (Å²) >= 11 is 0. The molecule has 1 atom stereocenters. The van der Waals surface area contributed by atoms with Gasteiger partial charge < -0.3 is 19.7 Å². The number of carbonyl (C=O) groups is 2. The lowest BCUT2D eigenvalue weighted by atomic mass is 10.2. The van der Waals surface area contributed by atoms with Crippen molar-refractivity contribution in [2.45, 2.75) is 6.10 Å². The summed E-state index contributed by atoms with van der Waals surface area (Å²) in [7, 11) is 0. The molecule has 100 valence electrons. The predicted octanol–water partition coefficient (Wildman–Crippen LogP) is -0.215. The summed E-state index contributed by atoms with van der Waals surface area (Å²) in [6.07, 6.45) is -0.680. The van der Waals surface area contributed by atoms with Gasteiger partial charge in [0.1, 0.15) is 6.61 Å². The zero-order valence-electron chi connectivity index (χ0n) is 10.3. The molecule has 0 aromatic heterocycles. The summed E-state index contributed by atoms with van der Waals surface area (Å²) in [5.41, 5.74) is 0. The van der Waals surface area contributed by atoms with Crippen LogP contribution in [0.5, 0.6) is 11.5 Å². The van der Waals surface area contributed by atoms with E-state index in [1.165, 1.54) is 4.90 Å². The van der Waals surface area contributed by atoms with E-state index < -0.39 is 6.10 Å². The van der Waals surface area contributed by atoms with Crippen LogP contribution >= 0.6 is 0 Å². The van der Waals surface area contributed by atoms with Gasteiger partial charge in [-0.05, 0) is 12.1 Å². The number of para-hydroxylation sites is 2. The quantitative estimate of drug-likeness (QED) is 0.760. The zero-order valence-corrected chi connectivity index (χ0v) is 10.3. The molecule has 1 N–H and O–H groups in total. The third kappa shape index (κ3) is 2.33. The van der Waals surface area contributed by atoms with E-state index >= 15 is 0 Å². The maximum absolute atomic E-state index is 12.2. The van der Waals surface area contributed by atoms with Crippen molar-refractivity contribution < 1.29 is 19.1 Å². The smallest absolute Gasteiger partial charge is 0.267 e. The van der Waals surface area contributed by atoms with Crippen LogP contribution in [0, 0.1) is 0 Å². The Kier molecular flexibility index (Phi) is 2.98. The van der Waals surface area contributed by atoms with E-state index in [0.717, 1.165) is 0 Å². The highest BCUT2D eigenvalue weighted by Crippen LogP contribution is 2.31. The lowest BCUT2D eigenvalue weighted by Crippen LogP contribution is -2.55. The summed E-state index contributed by atoms with van der Waals surface area (Å²) < 4.78 is 11.1. The number of fused-ring (bicyclic) bond motifs is 1. The van der Waals surface area contributed by atoms with Gasteiger partial charge in [-0.1, -0.05) is 12.1 Å². The van der Waals surface area contributed by atoms with Gasteiger partial charge in [-0.15, -0.1) is 0 Å². The van der Waals surface area contributed by atoms with Crippen LogP contribution in [-0.2, 0) is 9.59 Å². The summed E-state index contributed by atoms with van der Waals surface area (Å²) in [4.78, 5) is 25.0. The van der Waals surface area contributed by atoms with Crippen molar-refractivity contribution in [3.05, 3.63) is 24.3 Å². The molecule has 2 amide bonds. The van der Waals surface area contributed by atoms with Crippen LogP contribution in [-0.4, -0.2) is 49.1 Å². The highest BCUT2D eigenvalue weighted by atomic mass is 16.6. The molecule has 0 saturated carbocycles. The number of nitrogens with one attached hydrogen (secondary N) is 1. The first-order valence-electron chi connectivity index (χ1n) is 6.18. The van der Waals surface area contributed by atoms with Crippen LogP contribution in [0.2, 0.25) is 0 Å². The second-order valence-corrected chi connectivity index (χ2v) is 4.47. The number of rotatable bonds is 1. The molecule has 0 spiro atoms. The normalized spacial score (nSPS) is 21.8. The van der Waals surface area contributed by atoms with Crippen molar-refractivity contribution in [2.24, 2.45) is 0 Å². The summed E-state index contributed by atoms with van der Waals surface area (Å²) in [5.74, 6) is 0.859. The molecule has 0 radical (unpaired) electrons. The van der Waals surface area contributed by atoms with Gasteiger partial charge >= 0.3 is 0 Å². The fourth-order valence-electron chi connectivity index (χ4n) is 2.17. The minimum Gasteiger partial charge on any atom is -0.485 e. The standard InChI is InChI=1S/C13H14N2O4/c16-12-7-15(6-5-14-12)13(17)11-8-18-9-3-1-2-4-10(9)19-11/h1-4,11H,5-8H2,(H,14,16). The molecular weight excluding hydrogens is 248 g/mol. The van der Waals surface area contributed by atoms with E-state index in [2.05, 4.69) is 5.32 Å². The van der Waals surface area contributed by atoms with Gasteiger partial charge in [0.25, 0.3) is 5.91 Å². The van der Waals surface area contributed by atoms with E-state index in [9.17, 15) is 9.59 Å². The Balaban J connectivity index is 1.70. The molecule has 0 aliphatic carbocycles. The van der Waals surface area contributed by atoms with E-state index in [-0.39, 0.29) is 25.0 Å². The first-order chi connectivity index (χ1) is 9.24. The van der Waals surface area contributed by atoms with E-state index in [1.54, 1.807) is 12.1 Å². The number of hydrogen-bond donors (Lipinski definition) is 1.